The molecule has 0 radical (unpaired) electrons. The average Bonchev–Trinajstić information content (AvgIpc) is 3.32. The summed E-state index contributed by atoms with van der Waals surface area (Å²) in [7, 11) is -3.16. The molecule has 0 spiro atoms. The molecule has 29 heavy (non-hydrogen) atoms. The zero-order chi connectivity index (χ0) is 20.2. The van der Waals surface area contributed by atoms with Gasteiger partial charge in [0.1, 0.15) is 5.82 Å². The number of ether oxygens (including phenoxy) is 2. The van der Waals surface area contributed by atoms with Crippen LogP contribution in [0.15, 0.2) is 41.4 Å². The van der Waals surface area contributed by atoms with Crippen LogP contribution >= 0.6 is 23.4 Å². The van der Waals surface area contributed by atoms with Crippen LogP contribution in [-0.2, 0) is 15.6 Å². The quantitative estimate of drug-likeness (QED) is 0.707. The zero-order valence-corrected chi connectivity index (χ0v) is 17.4. The lowest BCUT2D eigenvalue weighted by atomic mass is 10.1. The van der Waals surface area contributed by atoms with Crippen LogP contribution in [0.5, 0.6) is 11.5 Å². The molecule has 1 saturated heterocycles. The Morgan fingerprint density at radius 3 is 2.86 bits per heavy atom. The Morgan fingerprint density at radius 2 is 2.03 bits per heavy atom. The van der Waals surface area contributed by atoms with Crippen molar-refractivity contribution < 1.29 is 22.3 Å². The number of nitrogens with zero attached hydrogens (tertiary/aromatic N) is 2. The van der Waals surface area contributed by atoms with E-state index >= 15 is 0 Å². The van der Waals surface area contributed by atoms with Gasteiger partial charge in [0.25, 0.3) is 0 Å². The summed E-state index contributed by atoms with van der Waals surface area (Å²) < 4.78 is 49.3. The first kappa shape index (κ1) is 19.0. The highest BCUT2D eigenvalue weighted by Gasteiger charge is 2.47. The van der Waals surface area contributed by atoms with Gasteiger partial charge in [0.05, 0.1) is 23.6 Å². The average molecular weight is 455 g/mol. The molecular weight excluding hydrogens is 439 g/mol. The first-order valence-corrected chi connectivity index (χ1v) is 12.1. The van der Waals surface area contributed by atoms with E-state index in [2.05, 4.69) is 4.99 Å². The Balaban J connectivity index is 1.47. The molecule has 0 saturated carbocycles. The van der Waals surface area contributed by atoms with Gasteiger partial charge >= 0.3 is 0 Å². The first-order valence-electron chi connectivity index (χ1n) is 8.94. The number of fused-ring (bicyclic) bond motifs is 2. The number of anilines is 1. The molecule has 0 bridgehead atoms. The lowest BCUT2D eigenvalue weighted by Gasteiger charge is -2.26. The lowest BCUT2D eigenvalue weighted by molar-refractivity contribution is 0.174. The summed E-state index contributed by atoms with van der Waals surface area (Å²) in [6.45, 7) is 0.153. The third kappa shape index (κ3) is 3.45. The largest absolute Gasteiger partial charge is 0.454 e. The number of aliphatic imine (C=N–C) groups is 1. The molecule has 2 aromatic carbocycles. The van der Waals surface area contributed by atoms with Crippen molar-refractivity contribution in [3.05, 3.63) is 52.8 Å². The van der Waals surface area contributed by atoms with E-state index in [1.54, 1.807) is 18.2 Å². The van der Waals surface area contributed by atoms with Gasteiger partial charge in [-0.2, -0.15) is 0 Å². The number of rotatable bonds is 3. The van der Waals surface area contributed by atoms with E-state index in [-0.39, 0.29) is 42.0 Å². The van der Waals surface area contributed by atoms with Crippen LogP contribution in [-0.4, -0.2) is 44.0 Å². The fourth-order valence-electron chi connectivity index (χ4n) is 3.78. The van der Waals surface area contributed by atoms with Crippen molar-refractivity contribution >= 4 is 44.1 Å². The van der Waals surface area contributed by atoms with Gasteiger partial charge in [0.2, 0.25) is 6.79 Å². The molecule has 152 valence electrons. The van der Waals surface area contributed by atoms with Crippen molar-refractivity contribution in [2.75, 3.05) is 23.2 Å². The van der Waals surface area contributed by atoms with E-state index in [0.29, 0.717) is 27.3 Å². The summed E-state index contributed by atoms with van der Waals surface area (Å²) in [5.74, 6) is 1.21. The summed E-state index contributed by atoms with van der Waals surface area (Å²) >= 11 is 7.49. The number of halogens is 2. The molecule has 6 nitrogen and oxygen atoms in total. The minimum atomic E-state index is -3.16. The molecule has 2 atom stereocenters. The molecule has 3 aliphatic rings. The minimum Gasteiger partial charge on any atom is -0.454 e. The van der Waals surface area contributed by atoms with Crippen LogP contribution in [0.1, 0.15) is 5.56 Å². The smallest absolute Gasteiger partial charge is 0.231 e. The van der Waals surface area contributed by atoms with Gasteiger partial charge in [-0.1, -0.05) is 29.4 Å². The molecule has 10 heteroatoms. The van der Waals surface area contributed by atoms with Gasteiger partial charge in [-0.25, -0.2) is 12.8 Å². The van der Waals surface area contributed by atoms with E-state index in [1.165, 1.54) is 17.8 Å². The van der Waals surface area contributed by atoms with Gasteiger partial charge in [0.15, 0.2) is 26.5 Å². The molecule has 0 aromatic heterocycles. The molecule has 0 unspecified atom stereocenters. The topological polar surface area (TPSA) is 68.2 Å². The summed E-state index contributed by atoms with van der Waals surface area (Å²) in [6, 6.07) is 9.41. The standard InChI is InChI=1S/C19H16ClFN2O4S2/c20-13-2-1-3-14(21)12(13)7-28-19-22-15-8-29(24,25)9-16(15)23(19)11-4-5-17-18(6-11)27-10-26-17/h1-6,15-16H,7-10H2/t15-,16-/m1/s1. The van der Waals surface area contributed by atoms with Crippen LogP contribution in [0.4, 0.5) is 10.1 Å². The summed E-state index contributed by atoms with van der Waals surface area (Å²) in [5, 5.41) is 1.00. The molecule has 0 aliphatic carbocycles. The van der Waals surface area contributed by atoms with E-state index in [0.717, 1.165) is 5.69 Å². The summed E-state index contributed by atoms with van der Waals surface area (Å²) in [6.07, 6.45) is 0. The summed E-state index contributed by atoms with van der Waals surface area (Å²) in [4.78, 5) is 6.57. The number of benzene rings is 2. The summed E-state index contributed by atoms with van der Waals surface area (Å²) in [5.41, 5.74) is 1.17. The van der Waals surface area contributed by atoms with Crippen LogP contribution in [0.25, 0.3) is 0 Å². The highest BCUT2D eigenvalue weighted by Crippen LogP contribution is 2.41. The number of hydrogen-bond donors (Lipinski definition) is 0. The highest BCUT2D eigenvalue weighted by molar-refractivity contribution is 8.13. The Kier molecular flexibility index (Phi) is 4.64. The Morgan fingerprint density at radius 1 is 1.21 bits per heavy atom. The van der Waals surface area contributed by atoms with E-state index in [1.807, 2.05) is 17.0 Å². The molecule has 2 aromatic rings. The molecule has 1 fully saturated rings. The van der Waals surface area contributed by atoms with Crippen molar-refractivity contribution in [3.8, 4) is 11.5 Å². The fourth-order valence-corrected chi connectivity index (χ4v) is 7.09. The lowest BCUT2D eigenvalue weighted by Crippen LogP contribution is -2.39. The van der Waals surface area contributed by atoms with Crippen LogP contribution < -0.4 is 14.4 Å². The minimum absolute atomic E-state index is 0.0171. The normalized spacial score (nSPS) is 23.9. The second kappa shape index (κ2) is 7.07. The monoisotopic (exact) mass is 454 g/mol. The predicted octanol–water partition coefficient (Wildman–Crippen LogP) is 3.48. The van der Waals surface area contributed by atoms with Crippen LogP contribution in [0.3, 0.4) is 0 Å². The van der Waals surface area contributed by atoms with Crippen molar-refractivity contribution in [2.24, 2.45) is 4.99 Å². The van der Waals surface area contributed by atoms with Crippen LogP contribution in [0, 0.1) is 5.82 Å². The molecule has 0 amide bonds. The molecular formula is C19H16ClFN2O4S2. The maximum absolute atomic E-state index is 14.2. The SMILES string of the molecule is O=S1(=O)C[C@@H]2[C@@H](C1)N=C(SCc1c(F)cccc1Cl)N2c1ccc2c(c1)OCO2. The number of hydrogen-bond acceptors (Lipinski definition) is 7. The van der Waals surface area contributed by atoms with Gasteiger partial charge < -0.3 is 14.4 Å². The van der Waals surface area contributed by atoms with E-state index in [9.17, 15) is 12.8 Å². The molecule has 5 rings (SSSR count). The van der Waals surface area contributed by atoms with Gasteiger partial charge in [0, 0.05) is 28.1 Å². The first-order chi connectivity index (χ1) is 13.9. The number of thioether (sulfide) groups is 1. The second-order valence-electron chi connectivity index (χ2n) is 7.02. The number of sulfone groups is 1. The molecule has 3 heterocycles. The van der Waals surface area contributed by atoms with Gasteiger partial charge in [-0.15, -0.1) is 0 Å². The van der Waals surface area contributed by atoms with E-state index < -0.39 is 9.84 Å². The van der Waals surface area contributed by atoms with E-state index in [4.69, 9.17) is 21.1 Å². The zero-order valence-electron chi connectivity index (χ0n) is 15.0. The van der Waals surface area contributed by atoms with Gasteiger partial charge in [-0.05, 0) is 24.3 Å². The molecule has 3 aliphatic heterocycles. The number of amidine groups is 1. The highest BCUT2D eigenvalue weighted by atomic mass is 35.5. The van der Waals surface area contributed by atoms with Crippen molar-refractivity contribution in [2.45, 2.75) is 17.8 Å². The Hall–Kier alpha value is -1.97. The van der Waals surface area contributed by atoms with Crippen molar-refractivity contribution in [1.29, 1.82) is 0 Å². The maximum Gasteiger partial charge on any atom is 0.231 e. The Bertz CT molecular complexity index is 1100. The van der Waals surface area contributed by atoms with Crippen molar-refractivity contribution in [1.82, 2.24) is 0 Å². The maximum atomic E-state index is 14.2. The Labute approximate surface area is 176 Å². The fraction of sp³-hybridized carbons (Fsp3) is 0.316. The molecule has 0 N–H and O–H groups in total. The van der Waals surface area contributed by atoms with Crippen molar-refractivity contribution in [3.63, 3.8) is 0 Å². The van der Waals surface area contributed by atoms with Crippen LogP contribution in [0.2, 0.25) is 5.02 Å². The predicted molar refractivity (Wildman–Crippen MR) is 111 cm³/mol. The second-order valence-corrected chi connectivity index (χ2v) is 10.5. The van der Waals surface area contributed by atoms with Gasteiger partial charge in [-0.3, -0.25) is 4.99 Å². The third-order valence-electron chi connectivity index (χ3n) is 5.15. The third-order valence-corrected chi connectivity index (χ3v) is 8.20.